The van der Waals surface area contributed by atoms with Gasteiger partial charge >= 0.3 is 0 Å². The van der Waals surface area contributed by atoms with Crippen molar-refractivity contribution in [3.8, 4) is 0 Å². The van der Waals surface area contributed by atoms with Gasteiger partial charge in [-0.2, -0.15) is 0 Å². The van der Waals surface area contributed by atoms with Crippen molar-refractivity contribution >= 4 is 45.9 Å². The van der Waals surface area contributed by atoms with Crippen LogP contribution < -0.4 is 0 Å². The van der Waals surface area contributed by atoms with Gasteiger partial charge in [0, 0.05) is 32.8 Å². The van der Waals surface area contributed by atoms with Crippen molar-refractivity contribution in [3.05, 3.63) is 152 Å². The fourth-order valence-electron chi connectivity index (χ4n) is 4.88. The Bertz CT molecular complexity index is 1610. The van der Waals surface area contributed by atoms with E-state index in [1.54, 1.807) is 18.2 Å². The van der Waals surface area contributed by atoms with Gasteiger partial charge in [0.15, 0.2) is 11.6 Å². The van der Waals surface area contributed by atoms with E-state index in [-0.39, 0.29) is 11.6 Å². The fourth-order valence-corrected chi connectivity index (χ4v) is 5.41. The van der Waals surface area contributed by atoms with Gasteiger partial charge in [-0.1, -0.05) is 108 Å². The fraction of sp³-hybridized carbons (Fsp3) is 0. The second-order valence-electron chi connectivity index (χ2n) is 8.23. The minimum Gasteiger partial charge on any atom is -0.289 e. The van der Waals surface area contributed by atoms with E-state index in [2.05, 4.69) is 0 Å². The Morgan fingerprint density at radius 1 is 0.441 bits per heavy atom. The normalized spacial score (nSPS) is 16.2. The van der Waals surface area contributed by atoms with Crippen LogP contribution in [0.1, 0.15) is 54.1 Å². The van der Waals surface area contributed by atoms with Crippen LogP contribution in [0.3, 0.4) is 0 Å². The maximum atomic E-state index is 13.2. The van der Waals surface area contributed by atoms with Crippen LogP contribution in [0.5, 0.6) is 0 Å². The Morgan fingerprint density at radius 2 is 0.912 bits per heavy atom. The van der Waals surface area contributed by atoms with Crippen LogP contribution in [0.2, 0.25) is 10.0 Å². The summed E-state index contributed by atoms with van der Waals surface area (Å²) in [6.07, 6.45) is 3.98. The number of carbonyl (C=O) groups is 2. The number of rotatable bonds is 1. The van der Waals surface area contributed by atoms with E-state index in [0.29, 0.717) is 32.3 Å². The van der Waals surface area contributed by atoms with Gasteiger partial charge in [0.25, 0.3) is 0 Å². The predicted octanol–water partition coefficient (Wildman–Crippen LogP) is 7.65. The third-order valence-electron chi connectivity index (χ3n) is 6.40. The number of allylic oxidation sites excluding steroid dienone is 2. The quantitative estimate of drug-likeness (QED) is 0.243. The van der Waals surface area contributed by atoms with Gasteiger partial charge in [-0.15, -0.1) is 0 Å². The largest absolute Gasteiger partial charge is 0.289 e. The number of hydrogen-bond acceptors (Lipinski definition) is 2. The summed E-state index contributed by atoms with van der Waals surface area (Å²) in [7, 11) is 0. The van der Waals surface area contributed by atoms with Crippen molar-refractivity contribution in [2.75, 3.05) is 0 Å². The van der Waals surface area contributed by atoms with E-state index >= 15 is 0 Å². The lowest BCUT2D eigenvalue weighted by Crippen LogP contribution is -2.15. The molecule has 0 radical (unpaired) electrons. The number of ketones is 2. The Labute approximate surface area is 206 Å². The molecule has 0 saturated carbocycles. The highest BCUT2D eigenvalue weighted by Gasteiger charge is 2.30. The minimum atomic E-state index is -0.0806. The second-order valence-corrected chi connectivity index (χ2v) is 9.05. The topological polar surface area (TPSA) is 34.1 Å². The number of halogens is 2. The first kappa shape index (κ1) is 20.9. The van der Waals surface area contributed by atoms with Crippen molar-refractivity contribution < 1.29 is 9.59 Å². The summed E-state index contributed by atoms with van der Waals surface area (Å²) in [5.41, 5.74) is 7.28. The summed E-state index contributed by atoms with van der Waals surface area (Å²) >= 11 is 13.1. The van der Waals surface area contributed by atoms with Gasteiger partial charge in [0.2, 0.25) is 0 Å². The molecule has 0 bridgehead atoms. The molecule has 6 rings (SSSR count). The lowest BCUT2D eigenvalue weighted by molar-refractivity contribution is 0.102. The van der Waals surface area contributed by atoms with Crippen LogP contribution in [0.4, 0.5) is 0 Å². The molecule has 0 aromatic heterocycles. The van der Waals surface area contributed by atoms with Crippen LogP contribution in [-0.4, -0.2) is 11.6 Å². The van der Waals surface area contributed by atoms with Crippen LogP contribution in [-0.2, 0) is 0 Å². The number of benzene rings is 4. The molecule has 2 aliphatic carbocycles. The van der Waals surface area contributed by atoms with Crippen LogP contribution >= 0.6 is 23.2 Å². The molecule has 2 nitrogen and oxygen atoms in total. The zero-order chi connectivity index (χ0) is 23.4. The zero-order valence-electron chi connectivity index (χ0n) is 17.8. The van der Waals surface area contributed by atoms with Crippen molar-refractivity contribution in [2.24, 2.45) is 0 Å². The van der Waals surface area contributed by atoms with Gasteiger partial charge in [-0.3, -0.25) is 9.59 Å². The molecule has 0 heterocycles. The summed E-state index contributed by atoms with van der Waals surface area (Å²) in [6.45, 7) is 0. The standard InChI is InChI=1S/C30H16Cl2O2/c31-25-13-6-12-24-27(25)21(18-8-2-3-9-22(18)29(24)33)16-15-19-17-7-1-4-10-23(17)30(34)28-20(19)11-5-14-26(28)32/h1-16H/b19-15+,21-16-. The van der Waals surface area contributed by atoms with Gasteiger partial charge < -0.3 is 0 Å². The molecule has 162 valence electrons. The Kier molecular flexibility index (Phi) is 4.88. The van der Waals surface area contributed by atoms with Crippen LogP contribution in [0.15, 0.2) is 97.1 Å². The SMILES string of the molecule is O=C1c2ccccc2/C(=C/C=C2\c3ccccc3C(=O)c3c(Cl)cccc32)c2c(Cl)cccc21. The van der Waals surface area contributed by atoms with Gasteiger partial charge in [0.05, 0.1) is 5.02 Å². The van der Waals surface area contributed by atoms with E-state index in [4.69, 9.17) is 23.2 Å². The summed E-state index contributed by atoms with van der Waals surface area (Å²) in [5.74, 6) is -0.119. The average molecular weight is 479 g/mol. The van der Waals surface area contributed by atoms with Crippen molar-refractivity contribution in [1.29, 1.82) is 0 Å². The molecule has 4 aromatic carbocycles. The van der Waals surface area contributed by atoms with E-state index in [9.17, 15) is 9.59 Å². The Hall–Kier alpha value is -3.72. The number of fused-ring (bicyclic) bond motifs is 4. The van der Waals surface area contributed by atoms with Gasteiger partial charge in [0.1, 0.15) is 0 Å². The Balaban J connectivity index is 1.65. The Morgan fingerprint density at radius 3 is 1.59 bits per heavy atom. The predicted molar refractivity (Wildman–Crippen MR) is 137 cm³/mol. The average Bonchev–Trinajstić information content (AvgIpc) is 2.86. The maximum Gasteiger partial charge on any atom is 0.195 e. The summed E-state index contributed by atoms with van der Waals surface area (Å²) in [6, 6.07) is 26.0. The molecule has 34 heavy (non-hydrogen) atoms. The molecule has 0 atom stereocenters. The first-order chi connectivity index (χ1) is 16.6. The minimum absolute atomic E-state index is 0.0383. The highest BCUT2D eigenvalue weighted by atomic mass is 35.5. The third kappa shape index (κ3) is 3.03. The van der Waals surface area contributed by atoms with E-state index in [0.717, 1.165) is 33.4 Å². The molecule has 0 amide bonds. The maximum absolute atomic E-state index is 13.2. The highest BCUT2D eigenvalue weighted by molar-refractivity contribution is 6.37. The van der Waals surface area contributed by atoms with Crippen LogP contribution in [0.25, 0.3) is 11.1 Å². The molecular weight excluding hydrogens is 463 g/mol. The summed E-state index contributed by atoms with van der Waals surface area (Å²) in [5, 5.41) is 0.949. The first-order valence-corrected chi connectivity index (χ1v) is 11.6. The number of carbonyl (C=O) groups excluding carboxylic acids is 2. The summed E-state index contributed by atoms with van der Waals surface area (Å²) < 4.78 is 0. The molecule has 2 aliphatic rings. The third-order valence-corrected chi connectivity index (χ3v) is 7.03. The van der Waals surface area contributed by atoms with E-state index in [1.165, 1.54) is 0 Å². The summed E-state index contributed by atoms with van der Waals surface area (Å²) in [4.78, 5) is 26.4. The van der Waals surface area contributed by atoms with Gasteiger partial charge in [-0.05, 0) is 40.0 Å². The second kappa shape index (κ2) is 7.95. The molecule has 4 aromatic rings. The molecule has 0 fully saturated rings. The molecule has 0 aliphatic heterocycles. The van der Waals surface area contributed by atoms with Crippen molar-refractivity contribution in [3.63, 3.8) is 0 Å². The molecule has 0 N–H and O–H groups in total. The molecule has 0 spiro atoms. The van der Waals surface area contributed by atoms with E-state index < -0.39 is 0 Å². The van der Waals surface area contributed by atoms with Crippen molar-refractivity contribution in [2.45, 2.75) is 0 Å². The van der Waals surface area contributed by atoms with Gasteiger partial charge in [-0.25, -0.2) is 0 Å². The van der Waals surface area contributed by atoms with Crippen LogP contribution in [0, 0.1) is 0 Å². The molecule has 0 unspecified atom stereocenters. The lowest BCUT2D eigenvalue weighted by atomic mass is 9.79. The number of hydrogen-bond donors (Lipinski definition) is 0. The monoisotopic (exact) mass is 478 g/mol. The van der Waals surface area contributed by atoms with E-state index in [1.807, 2.05) is 78.9 Å². The molecule has 4 heteroatoms. The lowest BCUT2D eigenvalue weighted by Gasteiger charge is -2.24. The zero-order valence-corrected chi connectivity index (χ0v) is 19.3. The highest BCUT2D eigenvalue weighted by Crippen LogP contribution is 2.42. The smallest absolute Gasteiger partial charge is 0.195 e. The first-order valence-electron chi connectivity index (χ1n) is 10.8. The molecular formula is C30H16Cl2O2. The van der Waals surface area contributed by atoms with Crippen molar-refractivity contribution in [1.82, 2.24) is 0 Å². The molecule has 0 saturated heterocycles.